The minimum Gasteiger partial charge on any atom is -0.396 e. The van der Waals surface area contributed by atoms with Crippen molar-refractivity contribution in [2.75, 3.05) is 26.0 Å². The van der Waals surface area contributed by atoms with Gasteiger partial charge in [0.2, 0.25) is 11.8 Å². The lowest BCUT2D eigenvalue weighted by Gasteiger charge is -2.17. The molecule has 0 atom stereocenters. The van der Waals surface area contributed by atoms with Crippen LogP contribution in [0.5, 0.6) is 0 Å². The second-order valence-corrected chi connectivity index (χ2v) is 7.77. The molecule has 2 N–H and O–H groups in total. The van der Waals surface area contributed by atoms with Crippen molar-refractivity contribution in [3.05, 3.63) is 34.6 Å². The van der Waals surface area contributed by atoms with Crippen LogP contribution in [0.25, 0.3) is 10.9 Å². The van der Waals surface area contributed by atoms with Crippen LogP contribution in [0.15, 0.2) is 34.2 Å². The standard InChI is InChI=1S/C19H24N4O4S/c1-22(11-16(25)20-13-7-8-13)17(26)12-28-19-21-15-6-3-2-5-14(15)18(27)23(19)9-4-10-24/h2-3,5-6,13,24H,4,7-12H2,1H3,(H,20,25). The first-order valence-electron chi connectivity index (χ1n) is 9.26. The van der Waals surface area contributed by atoms with Crippen molar-refractivity contribution < 1.29 is 14.7 Å². The number of carbonyl (C=O) groups excluding carboxylic acids is 2. The van der Waals surface area contributed by atoms with Gasteiger partial charge >= 0.3 is 0 Å². The predicted octanol–water partition coefficient (Wildman–Crippen LogP) is 0.608. The molecular formula is C19H24N4O4S. The van der Waals surface area contributed by atoms with E-state index >= 15 is 0 Å². The lowest BCUT2D eigenvalue weighted by molar-refractivity contribution is -0.132. The minimum atomic E-state index is -0.216. The lowest BCUT2D eigenvalue weighted by atomic mass is 10.2. The second kappa shape index (κ2) is 9.20. The van der Waals surface area contributed by atoms with Crippen molar-refractivity contribution >= 4 is 34.5 Å². The van der Waals surface area contributed by atoms with Crippen molar-refractivity contribution in [1.29, 1.82) is 0 Å². The van der Waals surface area contributed by atoms with Gasteiger partial charge in [0, 0.05) is 26.2 Å². The molecule has 9 heteroatoms. The van der Waals surface area contributed by atoms with Gasteiger partial charge in [-0.2, -0.15) is 0 Å². The summed E-state index contributed by atoms with van der Waals surface area (Å²) >= 11 is 1.16. The number of aromatic nitrogens is 2. The summed E-state index contributed by atoms with van der Waals surface area (Å²) < 4.78 is 1.50. The molecule has 1 heterocycles. The molecule has 1 aromatic carbocycles. The fourth-order valence-corrected chi connectivity index (χ4v) is 3.69. The third-order valence-corrected chi connectivity index (χ3v) is 5.40. The van der Waals surface area contributed by atoms with E-state index in [0.29, 0.717) is 29.0 Å². The number of nitrogens with zero attached hydrogens (tertiary/aromatic N) is 3. The van der Waals surface area contributed by atoms with Gasteiger partial charge in [0.15, 0.2) is 5.16 Å². The number of aliphatic hydroxyl groups excluding tert-OH is 1. The van der Waals surface area contributed by atoms with E-state index in [1.807, 2.05) is 0 Å². The van der Waals surface area contributed by atoms with Crippen LogP contribution in [0.3, 0.4) is 0 Å². The third-order valence-electron chi connectivity index (χ3n) is 4.44. The Bertz CT molecular complexity index is 926. The van der Waals surface area contributed by atoms with Crippen LogP contribution < -0.4 is 10.9 Å². The number of hydrogen-bond donors (Lipinski definition) is 2. The molecule has 2 aromatic rings. The average molecular weight is 404 g/mol. The Morgan fingerprint density at radius 2 is 2.11 bits per heavy atom. The zero-order valence-electron chi connectivity index (χ0n) is 15.8. The number of para-hydroxylation sites is 1. The van der Waals surface area contributed by atoms with Crippen molar-refractivity contribution in [2.45, 2.75) is 37.0 Å². The normalized spacial score (nSPS) is 13.5. The van der Waals surface area contributed by atoms with E-state index in [0.717, 1.165) is 24.6 Å². The number of thioether (sulfide) groups is 1. The van der Waals surface area contributed by atoms with Crippen molar-refractivity contribution in [3.63, 3.8) is 0 Å². The highest BCUT2D eigenvalue weighted by atomic mass is 32.2. The third kappa shape index (κ3) is 5.11. The van der Waals surface area contributed by atoms with Gasteiger partial charge in [-0.1, -0.05) is 23.9 Å². The number of amides is 2. The highest BCUT2D eigenvalue weighted by Crippen LogP contribution is 2.19. The first-order chi connectivity index (χ1) is 13.5. The molecule has 8 nitrogen and oxygen atoms in total. The van der Waals surface area contributed by atoms with E-state index in [1.54, 1.807) is 31.3 Å². The zero-order chi connectivity index (χ0) is 20.1. The minimum absolute atomic E-state index is 0.0123. The van der Waals surface area contributed by atoms with E-state index in [1.165, 1.54) is 9.47 Å². The summed E-state index contributed by atoms with van der Waals surface area (Å²) in [5.74, 6) is -0.309. The van der Waals surface area contributed by atoms with Gasteiger partial charge in [0.05, 0.1) is 23.2 Å². The van der Waals surface area contributed by atoms with Crippen LogP contribution in [-0.2, 0) is 16.1 Å². The van der Waals surface area contributed by atoms with Crippen molar-refractivity contribution in [1.82, 2.24) is 19.8 Å². The molecule has 0 bridgehead atoms. The topological polar surface area (TPSA) is 105 Å². The van der Waals surface area contributed by atoms with Gasteiger partial charge in [-0.3, -0.25) is 19.0 Å². The molecular weight excluding hydrogens is 380 g/mol. The monoisotopic (exact) mass is 404 g/mol. The summed E-state index contributed by atoms with van der Waals surface area (Å²) in [5.41, 5.74) is 0.381. The molecule has 3 rings (SSSR count). The molecule has 1 fully saturated rings. The van der Waals surface area contributed by atoms with Crippen molar-refractivity contribution in [3.8, 4) is 0 Å². The maximum atomic E-state index is 12.8. The van der Waals surface area contributed by atoms with E-state index in [4.69, 9.17) is 5.11 Å². The highest BCUT2D eigenvalue weighted by Gasteiger charge is 2.24. The van der Waals surface area contributed by atoms with Gasteiger partial charge < -0.3 is 15.3 Å². The first kappa shape index (κ1) is 20.3. The Morgan fingerprint density at radius 3 is 2.82 bits per heavy atom. The molecule has 1 aliphatic carbocycles. The largest absolute Gasteiger partial charge is 0.396 e. The number of aliphatic hydroxyl groups is 1. The van der Waals surface area contributed by atoms with Gasteiger partial charge in [0.1, 0.15) is 0 Å². The number of carbonyl (C=O) groups is 2. The Labute approximate surface area is 166 Å². The maximum Gasteiger partial charge on any atom is 0.262 e. The Hall–Kier alpha value is -2.39. The number of nitrogens with one attached hydrogen (secondary N) is 1. The van der Waals surface area contributed by atoms with Crippen LogP contribution in [0.2, 0.25) is 0 Å². The molecule has 28 heavy (non-hydrogen) atoms. The number of rotatable bonds is 9. The number of likely N-dealkylation sites (N-methyl/N-ethyl adjacent to an activating group) is 1. The fraction of sp³-hybridized carbons (Fsp3) is 0.474. The Balaban J connectivity index is 1.70. The Kier molecular flexibility index (Phi) is 6.69. The molecule has 0 saturated heterocycles. The summed E-state index contributed by atoms with van der Waals surface area (Å²) in [6, 6.07) is 7.31. The molecule has 2 amide bonds. The van der Waals surface area contributed by atoms with E-state index in [9.17, 15) is 14.4 Å². The first-order valence-corrected chi connectivity index (χ1v) is 10.2. The summed E-state index contributed by atoms with van der Waals surface area (Å²) in [6.07, 6.45) is 2.42. The number of hydrogen-bond acceptors (Lipinski definition) is 6. The Morgan fingerprint density at radius 1 is 1.36 bits per heavy atom. The molecule has 150 valence electrons. The van der Waals surface area contributed by atoms with Crippen LogP contribution >= 0.6 is 11.8 Å². The quantitative estimate of drug-likeness (QED) is 0.469. The molecule has 1 aromatic heterocycles. The number of benzene rings is 1. The predicted molar refractivity (Wildman–Crippen MR) is 107 cm³/mol. The van der Waals surface area contributed by atoms with Crippen LogP contribution in [0, 0.1) is 0 Å². The van der Waals surface area contributed by atoms with E-state index < -0.39 is 0 Å². The second-order valence-electron chi connectivity index (χ2n) is 6.83. The van der Waals surface area contributed by atoms with Gasteiger partial charge in [-0.25, -0.2) is 4.98 Å². The molecule has 0 unspecified atom stereocenters. The summed E-state index contributed by atoms with van der Waals surface area (Å²) in [6.45, 7) is 0.294. The molecule has 1 aliphatic rings. The van der Waals surface area contributed by atoms with Gasteiger partial charge in [-0.05, 0) is 31.4 Å². The van der Waals surface area contributed by atoms with Crippen LogP contribution in [0.4, 0.5) is 0 Å². The molecule has 1 saturated carbocycles. The lowest BCUT2D eigenvalue weighted by Crippen LogP contribution is -2.39. The van der Waals surface area contributed by atoms with E-state index in [-0.39, 0.29) is 42.3 Å². The fourth-order valence-electron chi connectivity index (χ4n) is 2.72. The maximum absolute atomic E-state index is 12.8. The molecule has 0 aliphatic heterocycles. The van der Waals surface area contributed by atoms with E-state index in [2.05, 4.69) is 10.3 Å². The summed E-state index contributed by atoms with van der Waals surface area (Å²) in [5, 5.41) is 12.9. The van der Waals surface area contributed by atoms with Crippen LogP contribution in [0.1, 0.15) is 19.3 Å². The SMILES string of the molecule is CN(CC(=O)NC1CC1)C(=O)CSc1nc2ccccc2c(=O)n1CCCO. The summed E-state index contributed by atoms with van der Waals surface area (Å²) in [4.78, 5) is 42.9. The van der Waals surface area contributed by atoms with Crippen LogP contribution in [-0.4, -0.2) is 63.4 Å². The summed E-state index contributed by atoms with van der Waals surface area (Å²) in [7, 11) is 1.59. The average Bonchev–Trinajstić information content (AvgIpc) is 3.49. The van der Waals surface area contributed by atoms with Gasteiger partial charge in [0.25, 0.3) is 5.56 Å². The molecule has 0 radical (unpaired) electrons. The highest BCUT2D eigenvalue weighted by molar-refractivity contribution is 7.99. The smallest absolute Gasteiger partial charge is 0.262 e. The van der Waals surface area contributed by atoms with Crippen molar-refractivity contribution in [2.24, 2.45) is 0 Å². The number of fused-ring (bicyclic) bond motifs is 1. The van der Waals surface area contributed by atoms with Gasteiger partial charge in [-0.15, -0.1) is 0 Å². The zero-order valence-corrected chi connectivity index (χ0v) is 16.6. The molecule has 0 spiro atoms.